The monoisotopic (exact) mass is 430 g/mol. The molecule has 1 heterocycles. The molecule has 162 valence electrons. The Kier molecular flexibility index (Phi) is 5.98. The Bertz CT molecular complexity index is 1230. The van der Waals surface area contributed by atoms with Gasteiger partial charge < -0.3 is 10.1 Å². The minimum Gasteiger partial charge on any atom is -0.494 e. The minimum absolute atomic E-state index is 0.0147. The van der Waals surface area contributed by atoms with Crippen LogP contribution in [0, 0.1) is 19.7 Å². The number of para-hydroxylation sites is 1. The van der Waals surface area contributed by atoms with Gasteiger partial charge in [0.2, 0.25) is 5.82 Å². The number of hydrogen-bond donors (Lipinski definition) is 1. The van der Waals surface area contributed by atoms with Crippen LogP contribution in [-0.2, 0) is 0 Å². The highest BCUT2D eigenvalue weighted by Crippen LogP contribution is 2.25. The molecule has 4 aromatic rings. The van der Waals surface area contributed by atoms with Crippen LogP contribution in [0.4, 0.5) is 10.1 Å². The number of benzene rings is 3. The van der Waals surface area contributed by atoms with Crippen molar-refractivity contribution in [3.8, 4) is 22.8 Å². The van der Waals surface area contributed by atoms with E-state index in [-0.39, 0.29) is 11.6 Å². The predicted molar refractivity (Wildman–Crippen MR) is 122 cm³/mol. The Morgan fingerprint density at radius 3 is 2.28 bits per heavy atom. The number of halogens is 1. The molecular formula is C25H23FN4O2. The van der Waals surface area contributed by atoms with Crippen molar-refractivity contribution < 1.29 is 13.9 Å². The molecule has 0 radical (unpaired) electrons. The number of hydrogen-bond acceptors (Lipinski definition) is 4. The van der Waals surface area contributed by atoms with Gasteiger partial charge in [-0.1, -0.05) is 18.2 Å². The molecule has 0 spiro atoms. The van der Waals surface area contributed by atoms with Gasteiger partial charge in [-0.05, 0) is 80.4 Å². The molecule has 0 saturated heterocycles. The molecule has 1 amide bonds. The Morgan fingerprint density at radius 2 is 1.66 bits per heavy atom. The van der Waals surface area contributed by atoms with E-state index in [1.54, 1.807) is 16.8 Å². The van der Waals surface area contributed by atoms with Crippen LogP contribution in [0.3, 0.4) is 0 Å². The van der Waals surface area contributed by atoms with Crippen molar-refractivity contribution in [1.82, 2.24) is 14.8 Å². The summed E-state index contributed by atoms with van der Waals surface area (Å²) in [5.74, 6) is 0.402. The molecule has 0 aliphatic heterocycles. The maximum absolute atomic E-state index is 13.5. The first-order valence-corrected chi connectivity index (χ1v) is 10.3. The molecule has 0 fully saturated rings. The molecule has 1 aromatic heterocycles. The van der Waals surface area contributed by atoms with Gasteiger partial charge in [-0.3, -0.25) is 4.79 Å². The smallest absolute Gasteiger partial charge is 0.295 e. The van der Waals surface area contributed by atoms with E-state index in [0.29, 0.717) is 23.7 Å². The number of nitrogens with zero attached hydrogens (tertiary/aromatic N) is 3. The van der Waals surface area contributed by atoms with Gasteiger partial charge in [0.25, 0.3) is 5.91 Å². The standard InChI is InChI=1S/C25H23FN4O2/c1-4-32-21-14-12-20(13-15-21)30-24(18-8-10-19(26)11-9-18)28-23(29-30)25(31)27-22-16(2)6-5-7-17(22)3/h5-15H,4H2,1-3H3,(H,27,31). The Hall–Kier alpha value is -4.00. The third-order valence-corrected chi connectivity index (χ3v) is 5.02. The van der Waals surface area contributed by atoms with Gasteiger partial charge in [-0.15, -0.1) is 5.10 Å². The van der Waals surface area contributed by atoms with Crippen molar-refractivity contribution in [2.45, 2.75) is 20.8 Å². The summed E-state index contributed by atoms with van der Waals surface area (Å²) >= 11 is 0. The van der Waals surface area contributed by atoms with E-state index in [9.17, 15) is 9.18 Å². The van der Waals surface area contributed by atoms with E-state index in [4.69, 9.17) is 4.74 Å². The van der Waals surface area contributed by atoms with Crippen LogP contribution in [0.1, 0.15) is 28.7 Å². The van der Waals surface area contributed by atoms with Crippen LogP contribution in [0.2, 0.25) is 0 Å². The lowest BCUT2D eigenvalue weighted by Crippen LogP contribution is -2.16. The van der Waals surface area contributed by atoms with Gasteiger partial charge in [0.05, 0.1) is 12.3 Å². The van der Waals surface area contributed by atoms with E-state index in [1.165, 1.54) is 12.1 Å². The number of ether oxygens (including phenoxy) is 1. The van der Waals surface area contributed by atoms with Crippen molar-refractivity contribution in [3.63, 3.8) is 0 Å². The van der Waals surface area contributed by atoms with E-state index in [0.717, 1.165) is 22.6 Å². The number of amides is 1. The lowest BCUT2D eigenvalue weighted by atomic mass is 10.1. The van der Waals surface area contributed by atoms with Crippen LogP contribution < -0.4 is 10.1 Å². The van der Waals surface area contributed by atoms with Crippen molar-refractivity contribution in [3.05, 3.63) is 89.5 Å². The first-order valence-electron chi connectivity index (χ1n) is 10.3. The number of carbonyl (C=O) groups is 1. The van der Waals surface area contributed by atoms with Crippen LogP contribution in [-0.4, -0.2) is 27.3 Å². The van der Waals surface area contributed by atoms with E-state index < -0.39 is 5.91 Å². The van der Waals surface area contributed by atoms with Gasteiger partial charge in [-0.25, -0.2) is 14.1 Å². The van der Waals surface area contributed by atoms with Crippen LogP contribution in [0.15, 0.2) is 66.7 Å². The average molecular weight is 430 g/mol. The fourth-order valence-corrected chi connectivity index (χ4v) is 3.41. The van der Waals surface area contributed by atoms with Crippen molar-refractivity contribution in [2.24, 2.45) is 0 Å². The molecule has 3 aromatic carbocycles. The second-order valence-electron chi connectivity index (χ2n) is 7.33. The van der Waals surface area contributed by atoms with Crippen molar-refractivity contribution in [1.29, 1.82) is 0 Å². The van der Waals surface area contributed by atoms with Crippen LogP contribution >= 0.6 is 0 Å². The predicted octanol–water partition coefficient (Wildman–Crippen LogP) is 5.34. The zero-order chi connectivity index (χ0) is 22.7. The summed E-state index contributed by atoms with van der Waals surface area (Å²) < 4.78 is 20.6. The third kappa shape index (κ3) is 4.37. The topological polar surface area (TPSA) is 69.0 Å². The second-order valence-corrected chi connectivity index (χ2v) is 7.33. The molecule has 1 N–H and O–H groups in total. The summed E-state index contributed by atoms with van der Waals surface area (Å²) in [6.45, 7) is 6.34. The van der Waals surface area contributed by atoms with Gasteiger partial charge in [-0.2, -0.15) is 0 Å². The molecule has 0 atom stereocenters. The number of rotatable bonds is 6. The second kappa shape index (κ2) is 9.01. The maximum Gasteiger partial charge on any atom is 0.295 e. The third-order valence-electron chi connectivity index (χ3n) is 5.02. The Morgan fingerprint density at radius 1 is 1.00 bits per heavy atom. The fraction of sp³-hybridized carbons (Fsp3) is 0.160. The fourth-order valence-electron chi connectivity index (χ4n) is 3.41. The Labute approximate surface area is 185 Å². The largest absolute Gasteiger partial charge is 0.494 e. The summed E-state index contributed by atoms with van der Waals surface area (Å²) in [4.78, 5) is 17.5. The summed E-state index contributed by atoms with van der Waals surface area (Å²) in [6.07, 6.45) is 0. The maximum atomic E-state index is 13.5. The molecule has 0 unspecified atom stereocenters. The summed E-state index contributed by atoms with van der Waals surface area (Å²) in [5.41, 5.74) is 3.97. The van der Waals surface area contributed by atoms with Gasteiger partial charge >= 0.3 is 0 Å². The highest BCUT2D eigenvalue weighted by Gasteiger charge is 2.20. The summed E-state index contributed by atoms with van der Waals surface area (Å²) in [5, 5.41) is 7.39. The zero-order valence-corrected chi connectivity index (χ0v) is 18.1. The molecule has 0 aliphatic carbocycles. The average Bonchev–Trinajstić information content (AvgIpc) is 3.23. The first-order chi connectivity index (χ1) is 15.5. The van der Waals surface area contributed by atoms with E-state index >= 15 is 0 Å². The lowest BCUT2D eigenvalue weighted by molar-refractivity contribution is 0.101. The molecule has 32 heavy (non-hydrogen) atoms. The molecule has 0 aliphatic rings. The number of carbonyl (C=O) groups excluding carboxylic acids is 1. The van der Waals surface area contributed by atoms with Crippen LogP contribution in [0.25, 0.3) is 17.1 Å². The van der Waals surface area contributed by atoms with Gasteiger partial charge in [0, 0.05) is 11.3 Å². The first kappa shape index (κ1) is 21.2. The van der Waals surface area contributed by atoms with Crippen molar-refractivity contribution >= 4 is 11.6 Å². The van der Waals surface area contributed by atoms with Crippen molar-refractivity contribution in [2.75, 3.05) is 11.9 Å². The summed E-state index contributed by atoms with van der Waals surface area (Å²) in [6, 6.07) is 19.0. The highest BCUT2D eigenvalue weighted by molar-refractivity contribution is 6.02. The Balaban J connectivity index is 1.75. The minimum atomic E-state index is -0.421. The van der Waals surface area contributed by atoms with E-state index in [2.05, 4.69) is 15.4 Å². The SMILES string of the molecule is CCOc1ccc(-n2nc(C(=O)Nc3c(C)cccc3C)nc2-c2ccc(F)cc2)cc1. The molecule has 4 rings (SSSR count). The summed E-state index contributed by atoms with van der Waals surface area (Å²) in [7, 11) is 0. The molecule has 0 saturated carbocycles. The number of aromatic nitrogens is 3. The van der Waals surface area contributed by atoms with Crippen LogP contribution in [0.5, 0.6) is 5.75 Å². The lowest BCUT2D eigenvalue weighted by Gasteiger charge is -2.09. The molecule has 6 nitrogen and oxygen atoms in total. The number of aryl methyl sites for hydroxylation is 2. The molecular weight excluding hydrogens is 407 g/mol. The highest BCUT2D eigenvalue weighted by atomic mass is 19.1. The van der Waals surface area contributed by atoms with E-state index in [1.807, 2.05) is 63.2 Å². The normalized spacial score (nSPS) is 10.8. The molecule has 7 heteroatoms. The quantitative estimate of drug-likeness (QED) is 0.448. The number of anilines is 1. The molecule has 0 bridgehead atoms. The zero-order valence-electron chi connectivity index (χ0n) is 18.1. The van der Waals surface area contributed by atoms with Gasteiger partial charge in [0.15, 0.2) is 5.82 Å². The van der Waals surface area contributed by atoms with Gasteiger partial charge in [0.1, 0.15) is 11.6 Å². The number of nitrogens with one attached hydrogen (secondary N) is 1.